The van der Waals surface area contributed by atoms with Gasteiger partial charge in [-0.3, -0.25) is 9.59 Å². The maximum Gasteiger partial charge on any atom is 0.282 e. The Balaban J connectivity index is 1.87. The van der Waals surface area contributed by atoms with Gasteiger partial charge in [0.2, 0.25) is 0 Å². The number of hydrogen-bond donors (Lipinski definition) is 1. The molecular weight excluding hydrogens is 398 g/mol. The van der Waals surface area contributed by atoms with E-state index < -0.39 is 23.4 Å². The SMILES string of the molecule is Cc1ccc(C2=C(Nc3cc(C)ccc3C)C(=O)N(c3ccc(F)cc3F)C2=O)cc1. The third-order valence-corrected chi connectivity index (χ3v) is 5.23. The van der Waals surface area contributed by atoms with Gasteiger partial charge in [-0.05, 0) is 55.7 Å². The number of aryl methyl sites for hydroxylation is 3. The summed E-state index contributed by atoms with van der Waals surface area (Å²) >= 11 is 0. The molecule has 0 atom stereocenters. The molecule has 0 fully saturated rings. The fourth-order valence-electron chi connectivity index (χ4n) is 3.52. The summed E-state index contributed by atoms with van der Waals surface area (Å²) in [6, 6.07) is 15.6. The number of benzene rings is 3. The van der Waals surface area contributed by atoms with E-state index in [4.69, 9.17) is 0 Å². The van der Waals surface area contributed by atoms with Crippen molar-refractivity contribution in [2.24, 2.45) is 0 Å². The summed E-state index contributed by atoms with van der Waals surface area (Å²) in [6.07, 6.45) is 0. The van der Waals surface area contributed by atoms with Crippen LogP contribution in [0.4, 0.5) is 20.2 Å². The van der Waals surface area contributed by atoms with Crippen LogP contribution in [0.15, 0.2) is 66.4 Å². The number of nitrogens with one attached hydrogen (secondary N) is 1. The molecule has 6 heteroatoms. The second-order valence-corrected chi connectivity index (χ2v) is 7.60. The molecule has 1 heterocycles. The Morgan fingerprint density at radius 2 is 1.45 bits per heavy atom. The van der Waals surface area contributed by atoms with Gasteiger partial charge in [-0.25, -0.2) is 13.7 Å². The molecule has 31 heavy (non-hydrogen) atoms. The van der Waals surface area contributed by atoms with E-state index in [0.29, 0.717) is 17.3 Å². The first-order chi connectivity index (χ1) is 14.8. The van der Waals surface area contributed by atoms with E-state index in [2.05, 4.69) is 5.32 Å². The van der Waals surface area contributed by atoms with Gasteiger partial charge in [0.15, 0.2) is 0 Å². The fourth-order valence-corrected chi connectivity index (χ4v) is 3.52. The Morgan fingerprint density at radius 1 is 0.774 bits per heavy atom. The molecule has 2 amide bonds. The Kier molecular flexibility index (Phi) is 5.15. The predicted molar refractivity (Wildman–Crippen MR) is 116 cm³/mol. The normalized spacial score (nSPS) is 13.9. The summed E-state index contributed by atoms with van der Waals surface area (Å²) in [7, 11) is 0. The van der Waals surface area contributed by atoms with Crippen molar-refractivity contribution in [1.29, 1.82) is 0 Å². The molecule has 0 saturated heterocycles. The minimum atomic E-state index is -0.988. The lowest BCUT2D eigenvalue weighted by atomic mass is 10.0. The first-order valence-corrected chi connectivity index (χ1v) is 9.75. The molecule has 0 unspecified atom stereocenters. The van der Waals surface area contributed by atoms with Crippen molar-refractivity contribution in [3.8, 4) is 0 Å². The lowest BCUT2D eigenvalue weighted by Crippen LogP contribution is -2.33. The average Bonchev–Trinajstić information content (AvgIpc) is 2.96. The van der Waals surface area contributed by atoms with Crippen LogP contribution in [0.3, 0.4) is 0 Å². The van der Waals surface area contributed by atoms with Crippen LogP contribution in [0, 0.1) is 32.4 Å². The van der Waals surface area contributed by atoms with Gasteiger partial charge in [0.25, 0.3) is 11.8 Å². The van der Waals surface area contributed by atoms with Crippen LogP contribution in [0.1, 0.15) is 22.3 Å². The van der Waals surface area contributed by atoms with Crippen LogP contribution in [-0.2, 0) is 9.59 Å². The molecular formula is C25H20F2N2O2. The third-order valence-electron chi connectivity index (χ3n) is 5.23. The molecule has 0 saturated carbocycles. The molecule has 4 nitrogen and oxygen atoms in total. The molecule has 0 aromatic heterocycles. The van der Waals surface area contributed by atoms with E-state index in [-0.39, 0.29) is 17.0 Å². The molecule has 0 spiro atoms. The highest BCUT2D eigenvalue weighted by Crippen LogP contribution is 2.35. The van der Waals surface area contributed by atoms with Crippen LogP contribution in [-0.4, -0.2) is 11.8 Å². The molecule has 3 aromatic rings. The molecule has 1 aliphatic rings. The van der Waals surface area contributed by atoms with Crippen LogP contribution in [0.25, 0.3) is 5.57 Å². The Morgan fingerprint density at radius 3 is 2.13 bits per heavy atom. The van der Waals surface area contributed by atoms with E-state index in [1.165, 1.54) is 0 Å². The van der Waals surface area contributed by atoms with Crippen molar-refractivity contribution in [1.82, 2.24) is 0 Å². The zero-order valence-corrected chi connectivity index (χ0v) is 17.3. The van der Waals surface area contributed by atoms with Gasteiger partial charge in [0.05, 0.1) is 11.3 Å². The second-order valence-electron chi connectivity index (χ2n) is 7.60. The number of carbonyl (C=O) groups is 2. The van der Waals surface area contributed by atoms with E-state index in [0.717, 1.165) is 33.7 Å². The van der Waals surface area contributed by atoms with Crippen LogP contribution in [0.2, 0.25) is 0 Å². The summed E-state index contributed by atoms with van der Waals surface area (Å²) in [5, 5.41) is 3.10. The number of rotatable bonds is 4. The molecule has 3 aromatic carbocycles. The lowest BCUT2D eigenvalue weighted by Gasteiger charge is -2.16. The number of nitrogens with zero attached hydrogens (tertiary/aromatic N) is 1. The number of amides is 2. The highest BCUT2D eigenvalue weighted by atomic mass is 19.1. The fraction of sp³-hybridized carbons (Fsp3) is 0.120. The van der Waals surface area contributed by atoms with Crippen molar-refractivity contribution >= 4 is 28.8 Å². The smallest absolute Gasteiger partial charge is 0.282 e. The van der Waals surface area contributed by atoms with Gasteiger partial charge in [0.1, 0.15) is 17.3 Å². The number of imide groups is 1. The zero-order chi connectivity index (χ0) is 22.3. The van der Waals surface area contributed by atoms with E-state index >= 15 is 0 Å². The maximum atomic E-state index is 14.5. The minimum Gasteiger partial charge on any atom is -0.350 e. The standard InChI is InChI=1S/C25H20F2N2O2/c1-14-5-8-17(9-6-14)22-23(28-20-12-15(2)4-7-16(20)3)25(31)29(24(22)30)21-11-10-18(26)13-19(21)27/h4-13,28H,1-3H3. The quantitative estimate of drug-likeness (QED) is 0.586. The van der Waals surface area contributed by atoms with Gasteiger partial charge < -0.3 is 5.32 Å². The molecule has 0 bridgehead atoms. The highest BCUT2D eigenvalue weighted by molar-refractivity contribution is 6.46. The van der Waals surface area contributed by atoms with Crippen molar-refractivity contribution in [2.45, 2.75) is 20.8 Å². The summed E-state index contributed by atoms with van der Waals surface area (Å²) in [5.41, 5.74) is 3.94. The molecule has 0 aliphatic carbocycles. The van der Waals surface area contributed by atoms with Crippen molar-refractivity contribution in [3.63, 3.8) is 0 Å². The molecule has 156 valence electrons. The van der Waals surface area contributed by atoms with Crippen molar-refractivity contribution in [3.05, 3.63) is 100 Å². The Hall–Kier alpha value is -3.80. The summed E-state index contributed by atoms with van der Waals surface area (Å²) < 4.78 is 27.9. The number of hydrogen-bond acceptors (Lipinski definition) is 3. The van der Waals surface area contributed by atoms with E-state index in [9.17, 15) is 18.4 Å². The predicted octanol–water partition coefficient (Wildman–Crippen LogP) is 5.29. The third kappa shape index (κ3) is 3.72. The first kappa shape index (κ1) is 20.5. The van der Waals surface area contributed by atoms with Crippen LogP contribution in [0.5, 0.6) is 0 Å². The van der Waals surface area contributed by atoms with Gasteiger partial charge in [-0.1, -0.05) is 42.0 Å². The molecule has 4 rings (SSSR count). The highest BCUT2D eigenvalue weighted by Gasteiger charge is 2.41. The average molecular weight is 418 g/mol. The summed E-state index contributed by atoms with van der Waals surface area (Å²) in [4.78, 5) is 27.4. The summed E-state index contributed by atoms with van der Waals surface area (Å²) in [5.74, 6) is -3.15. The van der Waals surface area contributed by atoms with Crippen molar-refractivity contribution in [2.75, 3.05) is 10.2 Å². The van der Waals surface area contributed by atoms with Gasteiger partial charge in [0, 0.05) is 11.8 Å². The van der Waals surface area contributed by atoms with Crippen molar-refractivity contribution < 1.29 is 18.4 Å². The van der Waals surface area contributed by atoms with Gasteiger partial charge >= 0.3 is 0 Å². The molecule has 0 radical (unpaired) electrons. The largest absolute Gasteiger partial charge is 0.350 e. The molecule has 1 aliphatic heterocycles. The number of halogens is 2. The topological polar surface area (TPSA) is 49.4 Å². The van der Waals surface area contributed by atoms with Gasteiger partial charge in [-0.15, -0.1) is 0 Å². The maximum absolute atomic E-state index is 14.5. The number of carbonyl (C=O) groups excluding carboxylic acids is 2. The minimum absolute atomic E-state index is 0.0475. The van der Waals surface area contributed by atoms with Crippen LogP contribution >= 0.6 is 0 Å². The van der Waals surface area contributed by atoms with Gasteiger partial charge in [-0.2, -0.15) is 0 Å². The Bertz CT molecular complexity index is 1250. The number of anilines is 2. The summed E-state index contributed by atoms with van der Waals surface area (Å²) in [6.45, 7) is 5.71. The van der Waals surface area contributed by atoms with E-state index in [1.54, 1.807) is 12.1 Å². The lowest BCUT2D eigenvalue weighted by molar-refractivity contribution is -0.120. The second kappa shape index (κ2) is 7.80. The molecule has 1 N–H and O–H groups in total. The zero-order valence-electron chi connectivity index (χ0n) is 17.3. The van der Waals surface area contributed by atoms with Crippen LogP contribution < -0.4 is 10.2 Å². The first-order valence-electron chi connectivity index (χ1n) is 9.75. The van der Waals surface area contributed by atoms with E-state index in [1.807, 2.05) is 51.1 Å². The monoisotopic (exact) mass is 418 g/mol. The Labute approximate surface area is 178 Å².